The predicted molar refractivity (Wildman–Crippen MR) is 144 cm³/mol. The molecular weight excluding hydrogens is 504 g/mol. The summed E-state index contributed by atoms with van der Waals surface area (Å²) in [6.07, 6.45) is 0. The third-order valence-electron chi connectivity index (χ3n) is 5.06. The van der Waals surface area contributed by atoms with Crippen molar-refractivity contribution in [1.29, 1.82) is 0 Å². The Morgan fingerprint density at radius 3 is 2.51 bits per heavy atom. The van der Waals surface area contributed by atoms with E-state index in [-0.39, 0.29) is 11.4 Å². The molecule has 0 heterocycles. The molecule has 0 saturated heterocycles. The number of nitrogens with zero attached hydrogens (tertiary/aromatic N) is 1. The van der Waals surface area contributed by atoms with Gasteiger partial charge >= 0.3 is 0 Å². The van der Waals surface area contributed by atoms with Crippen LogP contribution in [0.1, 0.15) is 18.1 Å². The summed E-state index contributed by atoms with van der Waals surface area (Å²) in [6.45, 7) is 4.13. The van der Waals surface area contributed by atoms with Gasteiger partial charge in [0.25, 0.3) is 10.0 Å². The molecule has 35 heavy (non-hydrogen) atoms. The average Bonchev–Trinajstić information content (AvgIpc) is 2.83. The number of carbonyl (C=O) groups excluding carboxylic acids is 1. The molecule has 0 fully saturated rings. The predicted octanol–water partition coefficient (Wildman–Crippen LogP) is 5.29. The summed E-state index contributed by atoms with van der Waals surface area (Å²) < 4.78 is 33.9. The summed E-state index contributed by atoms with van der Waals surface area (Å²) in [5.41, 5.74) is 2.37. The molecule has 3 aromatic rings. The number of amides is 1. The normalized spacial score (nSPS) is 11.2. The number of ether oxygens (including phenoxy) is 1. The minimum atomic E-state index is -4.01. The first-order valence-electron chi connectivity index (χ1n) is 11.2. The minimum Gasteiger partial charge on any atom is -0.492 e. The fourth-order valence-corrected chi connectivity index (χ4v) is 5.79. The van der Waals surface area contributed by atoms with Crippen LogP contribution in [-0.4, -0.2) is 39.8 Å². The van der Waals surface area contributed by atoms with Crippen LogP contribution in [0, 0.1) is 6.92 Å². The Bertz CT molecular complexity index is 1230. The highest BCUT2D eigenvalue weighted by Gasteiger charge is 2.29. The fraction of sp³-hybridized carbons (Fsp3) is 0.269. The first-order valence-corrected chi connectivity index (χ1v) is 14.2. The van der Waals surface area contributed by atoms with E-state index in [0.717, 1.165) is 21.2 Å². The van der Waals surface area contributed by atoms with Gasteiger partial charge in [-0.25, -0.2) is 8.42 Å². The SMILES string of the molecule is CCOc1ccccc1N(CC(=O)NCCSCc1cccc(Cl)c1)S(=O)(=O)c1ccc(C)cc1. The Hall–Kier alpha value is -2.68. The van der Waals surface area contributed by atoms with Crippen LogP contribution in [0.4, 0.5) is 5.69 Å². The van der Waals surface area contributed by atoms with Crippen molar-refractivity contribution in [3.63, 3.8) is 0 Å². The van der Waals surface area contributed by atoms with E-state index in [0.29, 0.717) is 35.4 Å². The molecule has 3 aromatic carbocycles. The van der Waals surface area contributed by atoms with Gasteiger partial charge in [-0.3, -0.25) is 9.10 Å². The molecule has 0 bridgehead atoms. The topological polar surface area (TPSA) is 75.7 Å². The van der Waals surface area contributed by atoms with Gasteiger partial charge in [0, 0.05) is 23.1 Å². The second kappa shape index (κ2) is 12.9. The van der Waals surface area contributed by atoms with Gasteiger partial charge in [0.05, 0.1) is 17.2 Å². The highest BCUT2D eigenvalue weighted by molar-refractivity contribution is 7.98. The first-order chi connectivity index (χ1) is 16.8. The summed E-state index contributed by atoms with van der Waals surface area (Å²) >= 11 is 7.68. The van der Waals surface area contributed by atoms with E-state index in [9.17, 15) is 13.2 Å². The maximum Gasteiger partial charge on any atom is 0.264 e. The molecule has 0 saturated carbocycles. The highest BCUT2D eigenvalue weighted by Crippen LogP contribution is 2.32. The lowest BCUT2D eigenvalue weighted by molar-refractivity contribution is -0.119. The van der Waals surface area contributed by atoms with E-state index in [1.807, 2.05) is 38.1 Å². The number of para-hydroxylation sites is 2. The molecule has 0 radical (unpaired) electrons. The van der Waals surface area contributed by atoms with Gasteiger partial charge in [0.2, 0.25) is 5.91 Å². The number of aryl methyl sites for hydroxylation is 1. The van der Waals surface area contributed by atoms with Gasteiger partial charge in [-0.1, -0.05) is 53.6 Å². The summed E-state index contributed by atoms with van der Waals surface area (Å²) in [5, 5.41) is 3.53. The van der Waals surface area contributed by atoms with Gasteiger partial charge in [0.15, 0.2) is 0 Å². The number of thioether (sulfide) groups is 1. The molecular formula is C26H29ClN2O4S2. The minimum absolute atomic E-state index is 0.110. The smallest absolute Gasteiger partial charge is 0.264 e. The van der Waals surface area contributed by atoms with Crippen molar-refractivity contribution >= 4 is 45.0 Å². The molecule has 1 amide bonds. The Labute approximate surface area is 216 Å². The lowest BCUT2D eigenvalue weighted by Gasteiger charge is -2.26. The number of rotatable bonds is 12. The zero-order valence-electron chi connectivity index (χ0n) is 19.7. The van der Waals surface area contributed by atoms with Crippen molar-refractivity contribution in [2.75, 3.05) is 29.8 Å². The molecule has 0 aliphatic carbocycles. The zero-order chi connectivity index (χ0) is 25.3. The van der Waals surface area contributed by atoms with Crippen LogP contribution >= 0.6 is 23.4 Å². The van der Waals surface area contributed by atoms with Crippen molar-refractivity contribution in [2.45, 2.75) is 24.5 Å². The number of hydrogen-bond acceptors (Lipinski definition) is 5. The molecule has 0 spiro atoms. The molecule has 1 N–H and O–H groups in total. The summed E-state index contributed by atoms with van der Waals surface area (Å²) in [5.74, 6) is 1.45. The van der Waals surface area contributed by atoms with Crippen molar-refractivity contribution in [3.05, 3.63) is 88.9 Å². The molecule has 9 heteroatoms. The Balaban J connectivity index is 1.71. The van der Waals surface area contributed by atoms with Gasteiger partial charge in [-0.2, -0.15) is 11.8 Å². The van der Waals surface area contributed by atoms with Crippen LogP contribution in [-0.2, 0) is 20.6 Å². The molecule has 6 nitrogen and oxygen atoms in total. The second-order valence-corrected chi connectivity index (χ2v) is 11.2. The maximum atomic E-state index is 13.6. The fourth-order valence-electron chi connectivity index (χ4n) is 3.34. The number of anilines is 1. The lowest BCUT2D eigenvalue weighted by atomic mass is 10.2. The molecule has 3 rings (SSSR count). The first kappa shape index (κ1) is 26.9. The van der Waals surface area contributed by atoms with Crippen LogP contribution in [0.5, 0.6) is 5.75 Å². The largest absolute Gasteiger partial charge is 0.492 e. The Morgan fingerprint density at radius 2 is 1.80 bits per heavy atom. The van der Waals surface area contributed by atoms with E-state index >= 15 is 0 Å². The van der Waals surface area contributed by atoms with Crippen LogP contribution in [0.2, 0.25) is 5.02 Å². The van der Waals surface area contributed by atoms with E-state index in [2.05, 4.69) is 5.32 Å². The average molecular weight is 533 g/mol. The number of sulfonamides is 1. The van der Waals surface area contributed by atoms with E-state index < -0.39 is 15.9 Å². The van der Waals surface area contributed by atoms with Crippen LogP contribution in [0.25, 0.3) is 0 Å². The third-order valence-corrected chi connectivity index (χ3v) is 8.10. The van der Waals surface area contributed by atoms with Gasteiger partial charge < -0.3 is 10.1 Å². The molecule has 0 atom stereocenters. The third kappa shape index (κ3) is 7.65. The number of benzene rings is 3. The van der Waals surface area contributed by atoms with E-state index in [1.54, 1.807) is 60.3 Å². The molecule has 0 unspecified atom stereocenters. The zero-order valence-corrected chi connectivity index (χ0v) is 22.1. The lowest BCUT2D eigenvalue weighted by Crippen LogP contribution is -2.41. The standard InChI is InChI=1S/C26H29ClN2O4S2/c1-3-33-25-10-5-4-9-24(25)29(35(31,32)23-13-11-20(2)12-14-23)18-26(30)28-15-16-34-19-21-7-6-8-22(27)17-21/h4-14,17H,3,15-16,18-19H2,1-2H3,(H,28,30). The number of halogens is 1. The highest BCUT2D eigenvalue weighted by atomic mass is 35.5. The van der Waals surface area contributed by atoms with Gasteiger partial charge in [-0.05, 0) is 55.8 Å². The quantitative estimate of drug-likeness (QED) is 0.321. The van der Waals surface area contributed by atoms with E-state index in [4.69, 9.17) is 16.3 Å². The number of nitrogens with one attached hydrogen (secondary N) is 1. The summed E-state index contributed by atoms with van der Waals surface area (Å²) in [6, 6.07) is 21.0. The van der Waals surface area contributed by atoms with Crippen LogP contribution in [0.15, 0.2) is 77.7 Å². The van der Waals surface area contributed by atoms with Crippen molar-refractivity contribution < 1.29 is 17.9 Å². The Morgan fingerprint density at radius 1 is 1.06 bits per heavy atom. The maximum absolute atomic E-state index is 13.6. The van der Waals surface area contributed by atoms with Crippen molar-refractivity contribution in [3.8, 4) is 5.75 Å². The summed E-state index contributed by atoms with van der Waals surface area (Å²) in [7, 11) is -4.01. The van der Waals surface area contributed by atoms with Gasteiger partial charge in [-0.15, -0.1) is 0 Å². The molecule has 0 aliphatic rings. The molecule has 186 valence electrons. The Kier molecular flexibility index (Phi) is 9.89. The van der Waals surface area contributed by atoms with Crippen molar-refractivity contribution in [1.82, 2.24) is 5.32 Å². The summed E-state index contributed by atoms with van der Waals surface area (Å²) in [4.78, 5) is 12.9. The van der Waals surface area contributed by atoms with Gasteiger partial charge in [0.1, 0.15) is 12.3 Å². The van der Waals surface area contributed by atoms with Crippen LogP contribution < -0.4 is 14.4 Å². The monoisotopic (exact) mass is 532 g/mol. The molecule has 0 aromatic heterocycles. The van der Waals surface area contributed by atoms with Crippen molar-refractivity contribution in [2.24, 2.45) is 0 Å². The van der Waals surface area contributed by atoms with Crippen LogP contribution in [0.3, 0.4) is 0 Å². The second-order valence-electron chi connectivity index (χ2n) is 7.76. The number of carbonyl (C=O) groups is 1. The molecule has 0 aliphatic heterocycles. The number of hydrogen-bond donors (Lipinski definition) is 1. The van der Waals surface area contributed by atoms with E-state index in [1.165, 1.54) is 0 Å².